The molecule has 0 bridgehead atoms. The summed E-state index contributed by atoms with van der Waals surface area (Å²) in [4.78, 5) is 39.4. The van der Waals surface area contributed by atoms with Gasteiger partial charge in [0.15, 0.2) is 6.10 Å². The first-order valence-corrected chi connectivity index (χ1v) is 18.1. The van der Waals surface area contributed by atoms with Gasteiger partial charge in [0.1, 0.15) is 11.6 Å². The number of likely N-dealkylation sites (N-methyl/N-ethyl adjacent to an activating group) is 2. The van der Waals surface area contributed by atoms with Crippen LogP contribution >= 0.6 is 0 Å². The van der Waals surface area contributed by atoms with E-state index in [9.17, 15) is 9.59 Å². The molecule has 0 spiro atoms. The van der Waals surface area contributed by atoms with Gasteiger partial charge in [-0.05, 0) is 113 Å². The summed E-state index contributed by atoms with van der Waals surface area (Å²) in [6.07, 6.45) is 8.81. The highest BCUT2D eigenvalue weighted by atomic mass is 32.8. The summed E-state index contributed by atoms with van der Waals surface area (Å²) in [6.45, 7) is 11.7. The Balaban J connectivity index is 1.67. The van der Waals surface area contributed by atoms with Gasteiger partial charge in [-0.3, -0.25) is 18.9 Å². The number of benzene rings is 1. The normalized spacial score (nSPS) is 14.7. The monoisotopic (exact) mass is 648 g/mol. The van der Waals surface area contributed by atoms with Gasteiger partial charge < -0.3 is 19.9 Å². The number of aryl methyl sites for hydroxylation is 2. The Morgan fingerprint density at radius 1 is 1.20 bits per heavy atom. The molecule has 0 saturated heterocycles. The van der Waals surface area contributed by atoms with Gasteiger partial charge in [0.05, 0.1) is 10.6 Å². The molecule has 0 unspecified atom stereocenters. The standard InChI is InChI=1S/C34H44N6O3S2/c1-8-32(41)40(9-2)18-17-39(6)22-30(28-15-14-26(21-37-28)25-12-13-25)43-29-19-24(4)27(20-31(29)45(7,44)35-5)34(42)38-33-23(3)11-10-16-36-33/h8,10-11,14-16,19-21,25,30H,1,9,12-13,17-18,22H2,2-7H3,(H,36,38,42)/t30-,45+/m1/s1. The zero-order valence-electron chi connectivity index (χ0n) is 27.1. The van der Waals surface area contributed by atoms with Crippen LogP contribution in [0.1, 0.15) is 64.5 Å². The highest BCUT2D eigenvalue weighted by Crippen LogP contribution is 2.40. The van der Waals surface area contributed by atoms with Crippen LogP contribution in [0.2, 0.25) is 0 Å². The Morgan fingerprint density at radius 2 is 1.96 bits per heavy atom. The first-order chi connectivity index (χ1) is 21.5. The van der Waals surface area contributed by atoms with E-state index in [1.807, 2.05) is 70.6 Å². The lowest BCUT2D eigenvalue weighted by molar-refractivity contribution is -0.126. The number of aromatic nitrogens is 2. The van der Waals surface area contributed by atoms with Crippen molar-refractivity contribution in [3.05, 3.63) is 89.4 Å². The minimum absolute atomic E-state index is 0.0884. The van der Waals surface area contributed by atoms with Crippen molar-refractivity contribution in [1.82, 2.24) is 19.8 Å². The summed E-state index contributed by atoms with van der Waals surface area (Å²) in [6, 6.07) is 11.6. The molecule has 45 heavy (non-hydrogen) atoms. The number of anilines is 1. The molecule has 1 saturated carbocycles. The van der Waals surface area contributed by atoms with Gasteiger partial charge in [-0.15, -0.1) is 0 Å². The fourth-order valence-electron chi connectivity index (χ4n) is 5.01. The van der Waals surface area contributed by atoms with Crippen molar-refractivity contribution in [3.8, 4) is 5.75 Å². The number of carbonyl (C=O) groups is 2. The largest absolute Gasteiger partial charge is 0.482 e. The summed E-state index contributed by atoms with van der Waals surface area (Å²) in [5, 5.41) is 2.94. The van der Waals surface area contributed by atoms with Crippen LogP contribution in [-0.4, -0.2) is 78.1 Å². The van der Waals surface area contributed by atoms with E-state index < -0.39 is 14.5 Å². The van der Waals surface area contributed by atoms with Gasteiger partial charge in [-0.2, -0.15) is 0 Å². The molecule has 0 radical (unpaired) electrons. The van der Waals surface area contributed by atoms with Crippen LogP contribution < -0.4 is 10.1 Å². The quantitative estimate of drug-likeness (QED) is 0.223. The molecular formula is C34H44N6O3S2. The topological polar surface area (TPSA) is 100 Å². The van der Waals surface area contributed by atoms with E-state index in [1.54, 1.807) is 18.1 Å². The first kappa shape index (κ1) is 34.2. The molecular weight excluding hydrogens is 605 g/mol. The molecule has 1 fully saturated rings. The van der Waals surface area contributed by atoms with Crippen LogP contribution in [-0.2, 0) is 24.4 Å². The highest BCUT2D eigenvalue weighted by Gasteiger charge is 2.26. The molecule has 1 aliphatic carbocycles. The van der Waals surface area contributed by atoms with E-state index in [0.29, 0.717) is 54.1 Å². The summed E-state index contributed by atoms with van der Waals surface area (Å²) in [7, 11) is 1.62. The smallest absolute Gasteiger partial charge is 0.257 e. The minimum atomic E-state index is -2.09. The minimum Gasteiger partial charge on any atom is -0.482 e. The molecule has 2 aromatic heterocycles. The van der Waals surface area contributed by atoms with E-state index >= 15 is 0 Å². The summed E-state index contributed by atoms with van der Waals surface area (Å²) >= 11 is 5.99. The fourth-order valence-corrected chi connectivity index (χ4v) is 6.42. The molecule has 0 aliphatic heterocycles. The van der Waals surface area contributed by atoms with Crippen LogP contribution in [0.3, 0.4) is 0 Å². The van der Waals surface area contributed by atoms with Crippen LogP contribution in [0.4, 0.5) is 5.82 Å². The molecule has 1 aliphatic rings. The van der Waals surface area contributed by atoms with Crippen molar-refractivity contribution in [3.63, 3.8) is 0 Å². The Labute approximate surface area is 272 Å². The Morgan fingerprint density at radius 3 is 2.56 bits per heavy atom. The third kappa shape index (κ3) is 8.74. The van der Waals surface area contributed by atoms with Crippen LogP contribution in [0.5, 0.6) is 5.75 Å². The Kier molecular flexibility index (Phi) is 11.5. The maximum absolute atomic E-state index is 13.5. The summed E-state index contributed by atoms with van der Waals surface area (Å²) in [5.41, 5.74) is 4.14. The predicted octanol–water partition coefficient (Wildman–Crippen LogP) is 5.73. The lowest BCUT2D eigenvalue weighted by Crippen LogP contribution is -2.38. The third-order valence-corrected chi connectivity index (χ3v) is 10.9. The number of carbonyl (C=O) groups excluding carboxylic acids is 2. The van der Waals surface area contributed by atoms with E-state index in [1.165, 1.54) is 24.5 Å². The maximum atomic E-state index is 13.5. The first-order valence-electron chi connectivity index (χ1n) is 15.2. The van der Waals surface area contributed by atoms with Crippen molar-refractivity contribution in [2.45, 2.75) is 50.5 Å². The number of nitrogens with zero attached hydrogens (tertiary/aromatic N) is 5. The van der Waals surface area contributed by atoms with Gasteiger partial charge in [0, 0.05) is 57.4 Å². The molecule has 240 valence electrons. The average Bonchev–Trinajstić information content (AvgIpc) is 3.88. The molecule has 9 nitrogen and oxygen atoms in total. The Bertz CT molecular complexity index is 1660. The second-order valence-corrected chi connectivity index (χ2v) is 15.9. The second kappa shape index (κ2) is 15.1. The average molecular weight is 649 g/mol. The fraction of sp³-hybridized carbons (Fsp3) is 0.412. The zero-order valence-corrected chi connectivity index (χ0v) is 28.7. The molecule has 11 heteroatoms. The van der Waals surface area contributed by atoms with Crippen molar-refractivity contribution in [2.75, 3.05) is 51.8 Å². The lowest BCUT2D eigenvalue weighted by Gasteiger charge is -2.28. The zero-order chi connectivity index (χ0) is 32.7. The number of rotatable bonds is 14. The maximum Gasteiger partial charge on any atom is 0.257 e. The molecule has 1 N–H and O–H groups in total. The van der Waals surface area contributed by atoms with Crippen molar-refractivity contribution < 1.29 is 14.3 Å². The lowest BCUT2D eigenvalue weighted by atomic mass is 10.1. The van der Waals surface area contributed by atoms with E-state index in [-0.39, 0.29) is 11.8 Å². The molecule has 2 heterocycles. The van der Waals surface area contributed by atoms with E-state index in [0.717, 1.165) is 16.8 Å². The van der Waals surface area contributed by atoms with Crippen molar-refractivity contribution in [1.29, 1.82) is 0 Å². The second-order valence-electron chi connectivity index (χ2n) is 11.5. The van der Waals surface area contributed by atoms with Crippen molar-refractivity contribution in [2.24, 2.45) is 4.36 Å². The predicted molar refractivity (Wildman–Crippen MR) is 185 cm³/mol. The highest BCUT2D eigenvalue weighted by molar-refractivity contribution is 8.33. The third-order valence-electron chi connectivity index (χ3n) is 8.09. The number of amides is 2. The van der Waals surface area contributed by atoms with Gasteiger partial charge in [0.2, 0.25) is 5.91 Å². The number of nitrogens with one attached hydrogen (secondary N) is 1. The molecule has 4 rings (SSSR count). The number of hydrogen-bond donors (Lipinski definition) is 1. The van der Waals surface area contributed by atoms with Gasteiger partial charge in [-0.1, -0.05) is 18.7 Å². The SMILES string of the molecule is C=CC(=O)N(CC)CCN(C)C[C@@H](Oc1cc(C)c(C(=O)Nc2ncccc2C)cc1[S@](C)(=S)=NC)c1ccc(C2CC2)cn1. The van der Waals surface area contributed by atoms with Crippen molar-refractivity contribution >= 4 is 37.2 Å². The number of ether oxygens (including phenoxy) is 1. The Hall–Kier alpha value is -3.67. The summed E-state index contributed by atoms with van der Waals surface area (Å²) < 4.78 is 11.4. The number of hydrogen-bond acceptors (Lipinski definition) is 8. The molecule has 3 aromatic rings. The van der Waals surface area contributed by atoms with E-state index in [2.05, 4.69) is 32.2 Å². The number of pyridine rings is 2. The molecule has 1 aromatic carbocycles. The molecule has 2 amide bonds. The van der Waals surface area contributed by atoms with Gasteiger partial charge in [-0.25, -0.2) is 4.98 Å². The van der Waals surface area contributed by atoms with Gasteiger partial charge in [0.25, 0.3) is 5.91 Å². The van der Waals surface area contributed by atoms with Crippen LogP contribution in [0.25, 0.3) is 0 Å². The van der Waals surface area contributed by atoms with Crippen LogP contribution in [0, 0.1) is 13.8 Å². The molecule has 2 atom stereocenters. The van der Waals surface area contributed by atoms with E-state index in [4.69, 9.17) is 20.9 Å². The van der Waals surface area contributed by atoms with Crippen LogP contribution in [0.15, 0.2) is 70.7 Å². The summed E-state index contributed by atoms with van der Waals surface area (Å²) in [5.74, 6) is 1.33. The van der Waals surface area contributed by atoms with Gasteiger partial charge >= 0.3 is 0 Å².